The highest BCUT2D eigenvalue weighted by molar-refractivity contribution is 6.04. The normalized spacial score (nSPS) is 19.4. The van der Waals surface area contributed by atoms with Gasteiger partial charge in [0.1, 0.15) is 17.2 Å². The molecule has 0 fully saturated rings. The van der Waals surface area contributed by atoms with Crippen LogP contribution in [0.25, 0.3) is 0 Å². The fourth-order valence-electron chi connectivity index (χ4n) is 5.06. The van der Waals surface area contributed by atoms with Crippen molar-refractivity contribution in [1.82, 2.24) is 5.32 Å². The van der Waals surface area contributed by atoms with Gasteiger partial charge in [-0.3, -0.25) is 4.79 Å². The van der Waals surface area contributed by atoms with E-state index in [0.29, 0.717) is 54.2 Å². The van der Waals surface area contributed by atoms with E-state index in [1.807, 2.05) is 50.2 Å². The minimum atomic E-state index is -0.601. The lowest BCUT2D eigenvalue weighted by atomic mass is 9.71. The van der Waals surface area contributed by atoms with Crippen LogP contribution >= 0.6 is 0 Å². The Bertz CT molecular complexity index is 1210. The van der Waals surface area contributed by atoms with Crippen LogP contribution < -0.4 is 19.5 Å². The van der Waals surface area contributed by atoms with Gasteiger partial charge in [-0.2, -0.15) is 0 Å². The number of carbonyl (C=O) groups excluding carboxylic acids is 2. The predicted octanol–water partition coefficient (Wildman–Crippen LogP) is 5.03. The van der Waals surface area contributed by atoms with Gasteiger partial charge >= 0.3 is 5.97 Å². The Balaban J connectivity index is 1.80. The monoisotopic (exact) mass is 491 g/mol. The van der Waals surface area contributed by atoms with Crippen LogP contribution in [0, 0.1) is 0 Å². The van der Waals surface area contributed by atoms with Crippen LogP contribution in [0.2, 0.25) is 0 Å². The van der Waals surface area contributed by atoms with E-state index >= 15 is 0 Å². The van der Waals surface area contributed by atoms with Crippen LogP contribution in [0.4, 0.5) is 0 Å². The molecule has 0 saturated heterocycles. The molecular weight excluding hydrogens is 458 g/mol. The van der Waals surface area contributed by atoms with E-state index in [4.69, 9.17) is 18.9 Å². The number of hydrogen-bond acceptors (Lipinski definition) is 7. The molecule has 0 saturated carbocycles. The molecular formula is C29H33NO6. The summed E-state index contributed by atoms with van der Waals surface area (Å²) in [5, 5.41) is 3.39. The van der Waals surface area contributed by atoms with Gasteiger partial charge in [0.05, 0.1) is 39.4 Å². The number of dihydropyridines is 1. The molecule has 36 heavy (non-hydrogen) atoms. The second-order valence-electron chi connectivity index (χ2n) is 9.03. The van der Waals surface area contributed by atoms with Crippen molar-refractivity contribution >= 4 is 11.8 Å². The number of methoxy groups -OCH3 is 3. The molecule has 7 heteroatoms. The minimum Gasteiger partial charge on any atom is -0.497 e. The van der Waals surface area contributed by atoms with Gasteiger partial charge in [0, 0.05) is 35.0 Å². The van der Waals surface area contributed by atoms with Gasteiger partial charge < -0.3 is 24.3 Å². The number of ketones is 1. The highest BCUT2D eigenvalue weighted by Crippen LogP contribution is 2.48. The molecule has 0 spiro atoms. The first kappa shape index (κ1) is 25.4. The van der Waals surface area contributed by atoms with Crippen molar-refractivity contribution < 1.29 is 28.5 Å². The predicted molar refractivity (Wildman–Crippen MR) is 136 cm³/mol. The standard InChI is InChI=1S/C29H33NO6/c1-6-13-36-29(32)26-17(2)30-23-14-19(18-7-9-20(33-3)10-8-18)15-24(31)28(23)27(26)22-12-11-21(34-4)16-25(22)35-5/h7-12,16,19,27,30H,6,13-15H2,1-5H3/t19-,27+/m0/s1. The molecule has 0 radical (unpaired) electrons. The van der Waals surface area contributed by atoms with Gasteiger partial charge in [-0.25, -0.2) is 4.79 Å². The Kier molecular flexibility index (Phi) is 7.67. The summed E-state index contributed by atoms with van der Waals surface area (Å²) in [6.07, 6.45) is 1.70. The lowest BCUT2D eigenvalue weighted by Gasteiger charge is -2.37. The van der Waals surface area contributed by atoms with Crippen molar-refractivity contribution in [3.63, 3.8) is 0 Å². The van der Waals surface area contributed by atoms with Crippen LogP contribution in [0.3, 0.4) is 0 Å². The quantitative estimate of drug-likeness (QED) is 0.519. The van der Waals surface area contributed by atoms with Crippen LogP contribution in [0.1, 0.15) is 56.1 Å². The molecule has 2 aromatic rings. The third-order valence-corrected chi connectivity index (χ3v) is 6.82. The van der Waals surface area contributed by atoms with Crippen molar-refractivity contribution in [2.45, 2.75) is 44.9 Å². The van der Waals surface area contributed by atoms with Crippen LogP contribution in [0.5, 0.6) is 17.2 Å². The van der Waals surface area contributed by atoms with Crippen molar-refractivity contribution in [1.29, 1.82) is 0 Å². The molecule has 0 aromatic heterocycles. The van der Waals surface area contributed by atoms with E-state index in [2.05, 4.69) is 5.32 Å². The summed E-state index contributed by atoms with van der Waals surface area (Å²) in [4.78, 5) is 27.0. The Morgan fingerprint density at radius 2 is 1.67 bits per heavy atom. The summed E-state index contributed by atoms with van der Waals surface area (Å²) in [7, 11) is 4.79. The maximum Gasteiger partial charge on any atom is 0.336 e. The SMILES string of the molecule is CCCOC(=O)C1=C(C)NC2=C(C(=O)C[C@@H](c3ccc(OC)cc3)C2)[C@@H]1c1ccc(OC)cc1OC. The zero-order chi connectivity index (χ0) is 25.8. The highest BCUT2D eigenvalue weighted by atomic mass is 16.5. The Hall–Kier alpha value is -3.74. The van der Waals surface area contributed by atoms with E-state index in [-0.39, 0.29) is 11.7 Å². The van der Waals surface area contributed by atoms with E-state index in [0.717, 1.165) is 22.6 Å². The zero-order valence-electron chi connectivity index (χ0n) is 21.5. The van der Waals surface area contributed by atoms with Gasteiger partial charge in [0.2, 0.25) is 0 Å². The number of esters is 1. The number of rotatable bonds is 8. The lowest BCUT2D eigenvalue weighted by Crippen LogP contribution is -2.36. The van der Waals surface area contributed by atoms with Crippen LogP contribution in [0.15, 0.2) is 65.0 Å². The Morgan fingerprint density at radius 1 is 0.972 bits per heavy atom. The molecule has 4 rings (SSSR count). The van der Waals surface area contributed by atoms with E-state index in [1.165, 1.54) is 0 Å². The number of allylic oxidation sites excluding steroid dienone is 3. The molecule has 7 nitrogen and oxygen atoms in total. The smallest absolute Gasteiger partial charge is 0.336 e. The van der Waals surface area contributed by atoms with Crippen LogP contribution in [-0.2, 0) is 14.3 Å². The van der Waals surface area contributed by atoms with Gasteiger partial charge in [-0.05, 0) is 49.4 Å². The van der Waals surface area contributed by atoms with Gasteiger partial charge in [-0.1, -0.05) is 25.1 Å². The highest BCUT2D eigenvalue weighted by Gasteiger charge is 2.42. The van der Waals surface area contributed by atoms with E-state index in [9.17, 15) is 9.59 Å². The summed E-state index contributed by atoms with van der Waals surface area (Å²) in [6, 6.07) is 13.3. The third-order valence-electron chi connectivity index (χ3n) is 6.82. The number of carbonyl (C=O) groups is 2. The minimum absolute atomic E-state index is 0.000677. The molecule has 1 aliphatic heterocycles. The zero-order valence-corrected chi connectivity index (χ0v) is 21.5. The average molecular weight is 492 g/mol. The fraction of sp³-hybridized carbons (Fsp3) is 0.379. The molecule has 190 valence electrons. The lowest BCUT2D eigenvalue weighted by molar-refractivity contribution is -0.139. The molecule has 1 aliphatic carbocycles. The second-order valence-corrected chi connectivity index (χ2v) is 9.03. The van der Waals surface area contributed by atoms with Gasteiger partial charge in [-0.15, -0.1) is 0 Å². The second kappa shape index (κ2) is 10.9. The van der Waals surface area contributed by atoms with Crippen molar-refractivity contribution in [3.8, 4) is 17.2 Å². The maximum absolute atomic E-state index is 13.8. The fourth-order valence-corrected chi connectivity index (χ4v) is 5.06. The average Bonchev–Trinajstić information content (AvgIpc) is 2.90. The summed E-state index contributed by atoms with van der Waals surface area (Å²) in [5.74, 6) is 0.945. The number of benzene rings is 2. The largest absolute Gasteiger partial charge is 0.497 e. The molecule has 1 N–H and O–H groups in total. The van der Waals surface area contributed by atoms with Crippen molar-refractivity contribution in [2.75, 3.05) is 27.9 Å². The number of Topliss-reactive ketones (excluding diaryl/α,β-unsaturated/α-hetero) is 1. The van der Waals surface area contributed by atoms with E-state index < -0.39 is 11.9 Å². The first-order chi connectivity index (χ1) is 17.4. The first-order valence-corrected chi connectivity index (χ1v) is 12.2. The third kappa shape index (κ3) is 4.83. The summed E-state index contributed by atoms with van der Waals surface area (Å²) in [5.41, 5.74) is 4.34. The molecule has 0 amide bonds. The Labute approximate surface area is 212 Å². The van der Waals surface area contributed by atoms with E-state index in [1.54, 1.807) is 27.4 Å². The summed E-state index contributed by atoms with van der Waals surface area (Å²) < 4.78 is 21.9. The summed E-state index contributed by atoms with van der Waals surface area (Å²) >= 11 is 0. The number of hydrogen-bond donors (Lipinski definition) is 1. The number of nitrogens with one attached hydrogen (secondary N) is 1. The summed E-state index contributed by atoms with van der Waals surface area (Å²) in [6.45, 7) is 4.11. The topological polar surface area (TPSA) is 83.1 Å². The van der Waals surface area contributed by atoms with Gasteiger partial charge in [0.25, 0.3) is 0 Å². The molecule has 1 heterocycles. The van der Waals surface area contributed by atoms with Crippen LogP contribution in [-0.4, -0.2) is 39.7 Å². The van der Waals surface area contributed by atoms with Crippen molar-refractivity contribution in [2.24, 2.45) is 0 Å². The molecule has 0 bridgehead atoms. The first-order valence-electron chi connectivity index (χ1n) is 12.2. The molecule has 2 atom stereocenters. The van der Waals surface area contributed by atoms with Gasteiger partial charge in [0.15, 0.2) is 5.78 Å². The maximum atomic E-state index is 13.8. The van der Waals surface area contributed by atoms with Crippen molar-refractivity contribution in [3.05, 3.63) is 76.1 Å². The molecule has 0 unspecified atom stereocenters. The molecule has 2 aromatic carbocycles. The number of ether oxygens (including phenoxy) is 4. The Morgan fingerprint density at radius 3 is 2.31 bits per heavy atom. The molecule has 2 aliphatic rings.